The summed E-state index contributed by atoms with van der Waals surface area (Å²) >= 11 is 5.77. The molecule has 2 amide bonds. The van der Waals surface area contributed by atoms with Gasteiger partial charge in [0, 0.05) is 17.1 Å². The van der Waals surface area contributed by atoms with Crippen LogP contribution < -0.4 is 9.80 Å². The maximum atomic E-state index is 14.0. The van der Waals surface area contributed by atoms with Crippen LogP contribution in [0.1, 0.15) is 45.4 Å². The summed E-state index contributed by atoms with van der Waals surface area (Å²) < 4.78 is 7.11. The van der Waals surface area contributed by atoms with E-state index in [-0.39, 0.29) is 16.7 Å². The van der Waals surface area contributed by atoms with E-state index in [1.165, 1.54) is 9.80 Å². The molecular formula is C34H31N3O4S. The molecule has 1 aromatic heterocycles. The van der Waals surface area contributed by atoms with Crippen LogP contribution in [0.4, 0.5) is 11.4 Å². The SMILES string of the molecule is CCOC(=O)c1ccc(-n2c(C)cc(/C=C3/C(=O)N(c4ccccc4)C(=S)N(c4ccc(C)c(C)c4)C3=O)c2C)cc1. The molecule has 42 heavy (non-hydrogen) atoms. The summed E-state index contributed by atoms with van der Waals surface area (Å²) in [5, 5.41) is 0.101. The number of rotatable bonds is 6. The van der Waals surface area contributed by atoms with Gasteiger partial charge in [-0.05, 0) is 124 Å². The van der Waals surface area contributed by atoms with Gasteiger partial charge >= 0.3 is 5.97 Å². The lowest BCUT2D eigenvalue weighted by Crippen LogP contribution is -2.57. The Morgan fingerprint density at radius 2 is 1.40 bits per heavy atom. The number of ether oxygens (including phenoxy) is 1. The minimum atomic E-state index is -0.486. The van der Waals surface area contributed by atoms with E-state index in [0.717, 1.165) is 33.8 Å². The summed E-state index contributed by atoms with van der Waals surface area (Å²) in [7, 11) is 0. The molecule has 0 atom stereocenters. The number of carbonyl (C=O) groups is 3. The number of para-hydroxylation sites is 1. The number of nitrogens with zero attached hydrogens (tertiary/aromatic N) is 3. The molecule has 8 heteroatoms. The standard InChI is InChI=1S/C34H31N3O4S/c1-6-41-33(40)25-13-16-28(17-14-25)35-23(4)19-26(24(35)5)20-30-31(38)36(27-10-8-7-9-11-27)34(42)37(32(30)39)29-15-12-21(2)22(3)18-29/h7-20H,6H2,1-5H3/b30-20-. The van der Waals surface area contributed by atoms with Crippen LogP contribution in [0.5, 0.6) is 0 Å². The molecule has 0 bridgehead atoms. The van der Waals surface area contributed by atoms with Gasteiger partial charge in [-0.1, -0.05) is 24.3 Å². The van der Waals surface area contributed by atoms with Crippen LogP contribution in [0, 0.1) is 27.7 Å². The second-order valence-electron chi connectivity index (χ2n) is 10.2. The zero-order valence-corrected chi connectivity index (χ0v) is 25.0. The Morgan fingerprint density at radius 3 is 2.02 bits per heavy atom. The van der Waals surface area contributed by atoms with Crippen LogP contribution in [0.3, 0.4) is 0 Å². The van der Waals surface area contributed by atoms with Gasteiger partial charge in [-0.15, -0.1) is 0 Å². The second kappa shape index (κ2) is 11.6. The van der Waals surface area contributed by atoms with Crippen molar-refractivity contribution in [2.24, 2.45) is 0 Å². The largest absolute Gasteiger partial charge is 0.462 e. The summed E-state index contributed by atoms with van der Waals surface area (Å²) in [5.41, 5.74) is 7.04. The van der Waals surface area contributed by atoms with Crippen molar-refractivity contribution < 1.29 is 19.1 Å². The van der Waals surface area contributed by atoms with E-state index in [2.05, 4.69) is 0 Å². The first-order valence-electron chi connectivity index (χ1n) is 13.7. The number of esters is 1. The number of anilines is 2. The van der Waals surface area contributed by atoms with Crippen LogP contribution in [-0.2, 0) is 14.3 Å². The Bertz CT molecular complexity index is 1750. The summed E-state index contributed by atoms with van der Waals surface area (Å²) in [6.07, 6.45) is 1.64. The first-order chi connectivity index (χ1) is 20.1. The molecule has 2 heterocycles. The third-order valence-corrected chi connectivity index (χ3v) is 7.78. The van der Waals surface area contributed by atoms with Gasteiger partial charge in [0.25, 0.3) is 11.8 Å². The summed E-state index contributed by atoms with van der Waals surface area (Å²) in [6.45, 7) is 9.92. The van der Waals surface area contributed by atoms with Crippen molar-refractivity contribution in [2.45, 2.75) is 34.6 Å². The van der Waals surface area contributed by atoms with Gasteiger partial charge in [0.15, 0.2) is 5.11 Å². The molecule has 1 saturated heterocycles. The first kappa shape index (κ1) is 28.7. The first-order valence-corrected chi connectivity index (χ1v) is 14.1. The lowest BCUT2D eigenvalue weighted by atomic mass is 10.0. The lowest BCUT2D eigenvalue weighted by molar-refractivity contribution is -0.120. The minimum Gasteiger partial charge on any atom is -0.462 e. The molecule has 4 aromatic rings. The van der Waals surface area contributed by atoms with E-state index < -0.39 is 11.8 Å². The monoisotopic (exact) mass is 577 g/mol. The summed E-state index contributed by atoms with van der Waals surface area (Å²) in [5.74, 6) is -1.34. The van der Waals surface area contributed by atoms with Crippen molar-refractivity contribution >= 4 is 52.6 Å². The van der Waals surface area contributed by atoms with Gasteiger partial charge in [0.1, 0.15) is 5.57 Å². The lowest BCUT2D eigenvalue weighted by Gasteiger charge is -2.36. The quantitative estimate of drug-likeness (QED) is 0.111. The highest BCUT2D eigenvalue weighted by atomic mass is 32.1. The average Bonchev–Trinajstić information content (AvgIpc) is 3.26. The fourth-order valence-corrected chi connectivity index (χ4v) is 5.45. The number of hydrogen-bond acceptors (Lipinski definition) is 5. The number of carbonyl (C=O) groups excluding carboxylic acids is 3. The molecule has 1 fully saturated rings. The van der Waals surface area contributed by atoms with Gasteiger partial charge in [0.05, 0.1) is 23.5 Å². The van der Waals surface area contributed by atoms with E-state index >= 15 is 0 Å². The van der Waals surface area contributed by atoms with Crippen LogP contribution in [0.2, 0.25) is 0 Å². The van der Waals surface area contributed by atoms with Crippen molar-refractivity contribution in [3.8, 4) is 5.69 Å². The molecule has 1 aliphatic rings. The third-order valence-electron chi connectivity index (χ3n) is 7.42. The van der Waals surface area contributed by atoms with Crippen LogP contribution >= 0.6 is 12.2 Å². The second-order valence-corrected chi connectivity index (χ2v) is 10.5. The highest BCUT2D eigenvalue weighted by molar-refractivity contribution is 7.81. The maximum absolute atomic E-state index is 14.0. The molecule has 0 N–H and O–H groups in total. The van der Waals surface area contributed by atoms with E-state index in [1.807, 2.05) is 86.9 Å². The van der Waals surface area contributed by atoms with E-state index in [1.54, 1.807) is 37.3 Å². The number of hydrogen-bond donors (Lipinski definition) is 0. The Labute approximate surface area is 250 Å². The van der Waals surface area contributed by atoms with E-state index in [9.17, 15) is 14.4 Å². The van der Waals surface area contributed by atoms with E-state index in [4.69, 9.17) is 17.0 Å². The topological polar surface area (TPSA) is 71.8 Å². The molecule has 5 rings (SSSR count). The highest BCUT2D eigenvalue weighted by Gasteiger charge is 2.41. The number of amides is 2. The van der Waals surface area contributed by atoms with Crippen molar-refractivity contribution in [3.05, 3.63) is 118 Å². The van der Waals surface area contributed by atoms with Crippen LogP contribution in [0.15, 0.2) is 84.4 Å². The highest BCUT2D eigenvalue weighted by Crippen LogP contribution is 2.32. The minimum absolute atomic E-state index is 0.00332. The van der Waals surface area contributed by atoms with Gasteiger partial charge < -0.3 is 9.30 Å². The molecule has 0 unspecified atom stereocenters. The molecule has 7 nitrogen and oxygen atoms in total. The number of aryl methyl sites for hydroxylation is 3. The van der Waals surface area contributed by atoms with Crippen molar-refractivity contribution in [2.75, 3.05) is 16.4 Å². The summed E-state index contributed by atoms with van der Waals surface area (Å²) in [4.78, 5) is 42.9. The Balaban J connectivity index is 1.60. The Hall–Kier alpha value is -4.82. The van der Waals surface area contributed by atoms with Crippen LogP contribution in [0.25, 0.3) is 11.8 Å². The molecule has 0 spiro atoms. The van der Waals surface area contributed by atoms with Gasteiger partial charge in [0.2, 0.25) is 0 Å². The van der Waals surface area contributed by atoms with Gasteiger partial charge in [-0.25, -0.2) is 4.79 Å². The molecular weight excluding hydrogens is 546 g/mol. The predicted octanol–water partition coefficient (Wildman–Crippen LogP) is 6.64. The maximum Gasteiger partial charge on any atom is 0.338 e. The molecule has 1 aliphatic heterocycles. The zero-order valence-electron chi connectivity index (χ0n) is 24.2. The molecule has 212 valence electrons. The molecule has 3 aromatic carbocycles. The van der Waals surface area contributed by atoms with Gasteiger partial charge in [-0.3, -0.25) is 19.4 Å². The number of benzene rings is 3. The Morgan fingerprint density at radius 1 is 0.786 bits per heavy atom. The van der Waals surface area contributed by atoms with E-state index in [0.29, 0.717) is 23.5 Å². The zero-order chi connectivity index (χ0) is 30.1. The normalized spacial score (nSPS) is 14.6. The smallest absolute Gasteiger partial charge is 0.338 e. The van der Waals surface area contributed by atoms with Gasteiger partial charge in [-0.2, -0.15) is 0 Å². The third kappa shape index (κ3) is 5.17. The van der Waals surface area contributed by atoms with Crippen molar-refractivity contribution in [1.29, 1.82) is 0 Å². The van der Waals surface area contributed by atoms with Crippen molar-refractivity contribution in [3.63, 3.8) is 0 Å². The predicted molar refractivity (Wildman–Crippen MR) is 169 cm³/mol. The average molecular weight is 578 g/mol. The molecule has 0 radical (unpaired) electrons. The number of thiocarbonyl (C=S) groups is 1. The molecule has 0 aliphatic carbocycles. The fourth-order valence-electron chi connectivity index (χ4n) is 5.07. The summed E-state index contributed by atoms with van der Waals surface area (Å²) in [6, 6.07) is 23.8. The fraction of sp³-hybridized carbons (Fsp3) is 0.176. The van der Waals surface area contributed by atoms with Crippen LogP contribution in [-0.4, -0.2) is 34.1 Å². The molecule has 0 saturated carbocycles. The number of aromatic nitrogens is 1. The Kier molecular flexibility index (Phi) is 7.91. The van der Waals surface area contributed by atoms with Crippen molar-refractivity contribution in [1.82, 2.24) is 4.57 Å².